The minimum Gasteiger partial charge on any atom is -0.497 e. The first-order chi connectivity index (χ1) is 9.03. The number of aliphatic carboxylic acids is 1. The van der Waals surface area contributed by atoms with Crippen LogP contribution >= 0.6 is 0 Å². The van der Waals surface area contributed by atoms with Gasteiger partial charge in [-0.15, -0.1) is 0 Å². The minimum atomic E-state index is -1.45. The quantitative estimate of drug-likeness (QED) is 0.599. The van der Waals surface area contributed by atoms with Gasteiger partial charge in [0.1, 0.15) is 17.6 Å². The number of hydrogen-bond acceptors (Lipinski definition) is 5. The fourth-order valence-corrected chi connectivity index (χ4v) is 1.56. The number of benzene rings is 1. The van der Waals surface area contributed by atoms with E-state index >= 15 is 0 Å². The van der Waals surface area contributed by atoms with Crippen LogP contribution in [-0.2, 0) is 9.59 Å². The number of rotatable bonds is 7. The van der Waals surface area contributed by atoms with Crippen LogP contribution in [0.4, 0.5) is 0 Å². The molecule has 1 amide bonds. The van der Waals surface area contributed by atoms with Gasteiger partial charge >= 0.3 is 5.97 Å². The summed E-state index contributed by atoms with van der Waals surface area (Å²) in [7, 11) is 2.87. The number of carbonyl (C=O) groups is 2. The van der Waals surface area contributed by atoms with Gasteiger partial charge in [-0.3, -0.25) is 4.79 Å². The van der Waals surface area contributed by atoms with Gasteiger partial charge < -0.3 is 25.0 Å². The number of aliphatic hydroxyl groups is 1. The molecule has 0 radical (unpaired) electrons. The highest BCUT2D eigenvalue weighted by Crippen LogP contribution is 2.27. The van der Waals surface area contributed by atoms with Crippen molar-refractivity contribution in [2.45, 2.75) is 12.1 Å². The zero-order chi connectivity index (χ0) is 14.4. The minimum absolute atomic E-state index is 0.222. The van der Waals surface area contributed by atoms with E-state index in [4.69, 9.17) is 14.6 Å². The van der Waals surface area contributed by atoms with E-state index in [9.17, 15) is 14.7 Å². The zero-order valence-electron chi connectivity index (χ0n) is 10.5. The molecule has 0 aliphatic rings. The number of carboxylic acids is 1. The monoisotopic (exact) mass is 269 g/mol. The van der Waals surface area contributed by atoms with Crippen molar-refractivity contribution < 1.29 is 29.3 Å². The molecule has 2 unspecified atom stereocenters. The first-order valence-corrected chi connectivity index (χ1v) is 5.37. The molecule has 0 fully saturated rings. The second kappa shape index (κ2) is 6.60. The van der Waals surface area contributed by atoms with Gasteiger partial charge in [-0.2, -0.15) is 0 Å². The number of methoxy groups -OCH3 is 2. The fraction of sp³-hybridized carbons (Fsp3) is 0.333. The molecule has 0 aromatic heterocycles. The van der Waals surface area contributed by atoms with Crippen molar-refractivity contribution in [3.63, 3.8) is 0 Å². The van der Waals surface area contributed by atoms with Crippen LogP contribution in [0.3, 0.4) is 0 Å². The average molecular weight is 269 g/mol. The summed E-state index contributed by atoms with van der Waals surface area (Å²) in [5, 5.41) is 21.0. The Morgan fingerprint density at radius 2 is 1.79 bits per heavy atom. The summed E-state index contributed by atoms with van der Waals surface area (Å²) in [4.78, 5) is 21.3. The number of aliphatic hydroxyl groups excluding tert-OH is 1. The number of nitrogens with one attached hydrogen (secondary N) is 1. The summed E-state index contributed by atoms with van der Waals surface area (Å²) in [6.07, 6.45) is -1.20. The molecule has 0 saturated heterocycles. The summed E-state index contributed by atoms with van der Waals surface area (Å²) in [6, 6.07) is 3.07. The van der Waals surface area contributed by atoms with Crippen LogP contribution in [0.25, 0.3) is 0 Å². The van der Waals surface area contributed by atoms with Crippen LogP contribution < -0.4 is 14.8 Å². The van der Waals surface area contributed by atoms with Crippen molar-refractivity contribution >= 4 is 12.4 Å². The third-order valence-corrected chi connectivity index (χ3v) is 2.54. The molecule has 0 bridgehead atoms. The van der Waals surface area contributed by atoms with E-state index in [0.717, 1.165) is 0 Å². The molecule has 3 N–H and O–H groups in total. The molecule has 0 aliphatic carbocycles. The van der Waals surface area contributed by atoms with Crippen molar-refractivity contribution in [1.29, 1.82) is 0 Å². The molecule has 0 heterocycles. The third kappa shape index (κ3) is 3.59. The highest BCUT2D eigenvalue weighted by molar-refractivity contribution is 5.77. The van der Waals surface area contributed by atoms with E-state index in [1.165, 1.54) is 26.4 Å². The van der Waals surface area contributed by atoms with Gasteiger partial charge in [-0.1, -0.05) is 0 Å². The lowest BCUT2D eigenvalue weighted by Crippen LogP contribution is -2.41. The van der Waals surface area contributed by atoms with Crippen LogP contribution in [0.15, 0.2) is 18.2 Å². The number of carbonyl (C=O) groups excluding carboxylic acids is 1. The normalized spacial score (nSPS) is 13.2. The Hall–Kier alpha value is -2.28. The van der Waals surface area contributed by atoms with E-state index in [1.54, 1.807) is 6.07 Å². The van der Waals surface area contributed by atoms with Crippen LogP contribution in [0, 0.1) is 0 Å². The molecule has 104 valence electrons. The lowest BCUT2D eigenvalue weighted by Gasteiger charge is -2.19. The molecule has 1 aromatic carbocycles. The zero-order valence-corrected chi connectivity index (χ0v) is 10.5. The Morgan fingerprint density at radius 1 is 1.26 bits per heavy atom. The molecule has 0 spiro atoms. The summed E-state index contributed by atoms with van der Waals surface area (Å²) < 4.78 is 10.0. The number of hydrogen-bond donors (Lipinski definition) is 3. The summed E-state index contributed by atoms with van der Waals surface area (Å²) >= 11 is 0. The molecule has 7 nitrogen and oxygen atoms in total. The Kier molecular flexibility index (Phi) is 5.13. The highest BCUT2D eigenvalue weighted by atomic mass is 16.5. The first-order valence-electron chi connectivity index (χ1n) is 5.37. The van der Waals surface area contributed by atoms with Crippen molar-refractivity contribution in [1.82, 2.24) is 5.32 Å². The predicted octanol–water partition coefficient (Wildman–Crippen LogP) is -0.0636. The second-order valence-electron chi connectivity index (χ2n) is 3.69. The van der Waals surface area contributed by atoms with E-state index < -0.39 is 18.1 Å². The van der Waals surface area contributed by atoms with Gasteiger partial charge in [0, 0.05) is 6.07 Å². The number of ether oxygens (including phenoxy) is 2. The van der Waals surface area contributed by atoms with E-state index in [2.05, 4.69) is 0 Å². The largest absolute Gasteiger partial charge is 0.497 e. The molecule has 2 atom stereocenters. The molecule has 0 aliphatic heterocycles. The SMILES string of the molecule is COc1cc(OC)cc(C(O)C(NC=O)C(=O)O)c1. The predicted molar refractivity (Wildman–Crippen MR) is 65.1 cm³/mol. The van der Waals surface area contributed by atoms with Gasteiger partial charge in [-0.25, -0.2) is 4.79 Å². The Morgan fingerprint density at radius 3 is 2.16 bits per heavy atom. The van der Waals surface area contributed by atoms with Crippen LogP contribution in [0.2, 0.25) is 0 Å². The van der Waals surface area contributed by atoms with Gasteiger partial charge in [-0.05, 0) is 17.7 Å². The lowest BCUT2D eigenvalue weighted by molar-refractivity contribution is -0.143. The third-order valence-electron chi connectivity index (χ3n) is 2.54. The van der Waals surface area contributed by atoms with Crippen LogP contribution in [0.5, 0.6) is 11.5 Å². The number of carboxylic acid groups (broad SMARTS) is 1. The summed E-state index contributed by atoms with van der Waals surface area (Å²) in [6.45, 7) is 0. The van der Waals surface area contributed by atoms with E-state index in [0.29, 0.717) is 11.5 Å². The topological polar surface area (TPSA) is 105 Å². The fourth-order valence-electron chi connectivity index (χ4n) is 1.56. The highest BCUT2D eigenvalue weighted by Gasteiger charge is 2.28. The second-order valence-corrected chi connectivity index (χ2v) is 3.69. The van der Waals surface area contributed by atoms with Crippen LogP contribution in [0.1, 0.15) is 11.7 Å². The van der Waals surface area contributed by atoms with Crippen LogP contribution in [-0.4, -0.2) is 42.9 Å². The molecule has 7 heteroatoms. The lowest BCUT2D eigenvalue weighted by atomic mass is 10.0. The Labute approximate surface area is 109 Å². The molecular formula is C12H15NO6. The van der Waals surface area contributed by atoms with Gasteiger partial charge in [0.15, 0.2) is 6.04 Å². The maximum atomic E-state index is 11.0. The summed E-state index contributed by atoms with van der Waals surface area (Å²) in [5.74, 6) is -0.534. The first kappa shape index (κ1) is 14.8. The maximum Gasteiger partial charge on any atom is 0.329 e. The molecule has 0 saturated carbocycles. The average Bonchev–Trinajstić information content (AvgIpc) is 2.42. The Bertz CT molecular complexity index is 439. The van der Waals surface area contributed by atoms with Crippen molar-refractivity contribution in [3.8, 4) is 11.5 Å². The van der Waals surface area contributed by atoms with Gasteiger partial charge in [0.05, 0.1) is 14.2 Å². The van der Waals surface area contributed by atoms with Gasteiger partial charge in [0.2, 0.25) is 6.41 Å². The summed E-state index contributed by atoms with van der Waals surface area (Å²) in [5.41, 5.74) is 0.262. The molecule has 1 aromatic rings. The van der Waals surface area contributed by atoms with Gasteiger partial charge in [0.25, 0.3) is 0 Å². The van der Waals surface area contributed by atoms with E-state index in [-0.39, 0.29) is 12.0 Å². The van der Waals surface area contributed by atoms with Crippen molar-refractivity contribution in [2.24, 2.45) is 0 Å². The molecule has 19 heavy (non-hydrogen) atoms. The van der Waals surface area contributed by atoms with E-state index in [1.807, 2.05) is 5.32 Å². The standard InChI is InChI=1S/C12H15NO6/c1-18-8-3-7(4-9(5-8)19-2)11(15)10(12(16)17)13-6-14/h3-6,10-11,15H,1-2H3,(H,13,14)(H,16,17). The number of amides is 1. The van der Waals surface area contributed by atoms with Crippen molar-refractivity contribution in [2.75, 3.05) is 14.2 Å². The Balaban J connectivity index is 3.11. The molecule has 1 rings (SSSR count). The smallest absolute Gasteiger partial charge is 0.329 e. The van der Waals surface area contributed by atoms with Crippen molar-refractivity contribution in [3.05, 3.63) is 23.8 Å². The maximum absolute atomic E-state index is 11.0. The molecular weight excluding hydrogens is 254 g/mol.